The highest BCUT2D eigenvalue weighted by atomic mass is 16.2. The maximum Gasteiger partial charge on any atom is 0.236 e. The predicted molar refractivity (Wildman–Crippen MR) is 70.0 cm³/mol. The fraction of sp³-hybridized carbons (Fsp3) is 0.833. The van der Waals surface area contributed by atoms with Crippen molar-refractivity contribution in [3.8, 4) is 0 Å². The highest BCUT2D eigenvalue weighted by Crippen LogP contribution is 2.05. The number of carbonyl (C=O) groups excluding carboxylic acids is 2. The van der Waals surface area contributed by atoms with Crippen LogP contribution in [0, 0.1) is 0 Å². The lowest BCUT2D eigenvalue weighted by molar-refractivity contribution is -0.130. The summed E-state index contributed by atoms with van der Waals surface area (Å²) in [5, 5.41) is 0. The van der Waals surface area contributed by atoms with Gasteiger partial charge in [0.05, 0.1) is 6.54 Å². The first-order valence-corrected chi connectivity index (χ1v) is 6.45. The van der Waals surface area contributed by atoms with E-state index < -0.39 is 0 Å². The molecule has 0 aromatic heterocycles. The molecule has 6 nitrogen and oxygen atoms in total. The van der Waals surface area contributed by atoms with Crippen LogP contribution in [0.3, 0.4) is 0 Å². The van der Waals surface area contributed by atoms with Crippen LogP contribution in [-0.4, -0.2) is 79.9 Å². The molecular weight excluding hydrogens is 232 g/mol. The lowest BCUT2D eigenvalue weighted by Gasteiger charge is -2.22. The van der Waals surface area contributed by atoms with Gasteiger partial charge in [-0.2, -0.15) is 0 Å². The topological polar surface area (TPSA) is 69.9 Å². The molecule has 1 rings (SSSR count). The van der Waals surface area contributed by atoms with Crippen molar-refractivity contribution in [1.29, 1.82) is 0 Å². The van der Waals surface area contributed by atoms with Crippen LogP contribution in [0.15, 0.2) is 0 Å². The molecule has 0 aliphatic carbocycles. The first kappa shape index (κ1) is 14.9. The fourth-order valence-electron chi connectivity index (χ4n) is 1.99. The van der Waals surface area contributed by atoms with Crippen LogP contribution in [0.25, 0.3) is 0 Å². The summed E-state index contributed by atoms with van der Waals surface area (Å²) in [7, 11) is 3.52. The molecule has 18 heavy (non-hydrogen) atoms. The van der Waals surface area contributed by atoms with Crippen LogP contribution in [0.1, 0.15) is 12.8 Å². The number of hydrogen-bond acceptors (Lipinski definition) is 4. The van der Waals surface area contributed by atoms with Gasteiger partial charge in [-0.05, 0) is 6.42 Å². The van der Waals surface area contributed by atoms with E-state index in [9.17, 15) is 9.59 Å². The summed E-state index contributed by atoms with van der Waals surface area (Å²) in [6.07, 6.45) is 1.33. The molecule has 1 fully saturated rings. The molecule has 1 heterocycles. The molecule has 0 bridgehead atoms. The summed E-state index contributed by atoms with van der Waals surface area (Å²) in [4.78, 5) is 28.9. The van der Waals surface area contributed by atoms with Crippen molar-refractivity contribution in [2.45, 2.75) is 12.8 Å². The van der Waals surface area contributed by atoms with Gasteiger partial charge in [0.25, 0.3) is 0 Å². The molecule has 1 aliphatic rings. The highest BCUT2D eigenvalue weighted by Gasteiger charge is 2.20. The van der Waals surface area contributed by atoms with Crippen molar-refractivity contribution in [3.05, 3.63) is 0 Å². The van der Waals surface area contributed by atoms with Gasteiger partial charge >= 0.3 is 0 Å². The Morgan fingerprint density at radius 3 is 2.50 bits per heavy atom. The first-order chi connectivity index (χ1) is 8.54. The molecule has 1 saturated heterocycles. The standard InChI is InChI=1S/C12H24N4O2/c1-14(2)12(18)10-15-6-3-7-16(9-8-15)11(17)4-5-13/h3-10,13H2,1-2H3. The van der Waals surface area contributed by atoms with Crippen LogP contribution in [0.5, 0.6) is 0 Å². The van der Waals surface area contributed by atoms with Gasteiger partial charge in [-0.3, -0.25) is 14.5 Å². The number of carbonyl (C=O) groups is 2. The Balaban J connectivity index is 2.41. The zero-order valence-electron chi connectivity index (χ0n) is 11.4. The van der Waals surface area contributed by atoms with Crippen LogP contribution in [0.4, 0.5) is 0 Å². The van der Waals surface area contributed by atoms with E-state index in [1.54, 1.807) is 19.0 Å². The third kappa shape index (κ3) is 4.62. The zero-order chi connectivity index (χ0) is 13.5. The number of nitrogens with two attached hydrogens (primary N) is 1. The Morgan fingerprint density at radius 1 is 1.17 bits per heavy atom. The second kappa shape index (κ2) is 7.33. The number of rotatable bonds is 4. The summed E-state index contributed by atoms with van der Waals surface area (Å²) >= 11 is 0. The van der Waals surface area contributed by atoms with Crippen molar-refractivity contribution in [3.63, 3.8) is 0 Å². The number of amides is 2. The molecule has 0 saturated carbocycles. The zero-order valence-corrected chi connectivity index (χ0v) is 11.4. The Labute approximate surface area is 109 Å². The van der Waals surface area contributed by atoms with E-state index in [-0.39, 0.29) is 11.8 Å². The molecule has 0 atom stereocenters. The lowest BCUT2D eigenvalue weighted by Crippen LogP contribution is -2.39. The van der Waals surface area contributed by atoms with E-state index in [2.05, 4.69) is 4.90 Å². The van der Waals surface area contributed by atoms with Crippen LogP contribution >= 0.6 is 0 Å². The molecule has 6 heteroatoms. The average molecular weight is 256 g/mol. The number of hydrogen-bond donors (Lipinski definition) is 1. The lowest BCUT2D eigenvalue weighted by atomic mass is 10.3. The van der Waals surface area contributed by atoms with Gasteiger partial charge in [-0.25, -0.2) is 0 Å². The van der Waals surface area contributed by atoms with Gasteiger partial charge in [-0.15, -0.1) is 0 Å². The quantitative estimate of drug-likeness (QED) is 0.697. The van der Waals surface area contributed by atoms with Crippen molar-refractivity contribution in [2.75, 3.05) is 53.4 Å². The molecule has 2 amide bonds. The van der Waals surface area contributed by atoms with Crippen LogP contribution < -0.4 is 5.73 Å². The molecule has 2 N–H and O–H groups in total. The third-order valence-corrected chi connectivity index (χ3v) is 3.16. The van der Waals surface area contributed by atoms with E-state index >= 15 is 0 Å². The summed E-state index contributed by atoms with van der Waals surface area (Å²) in [5.41, 5.74) is 5.39. The third-order valence-electron chi connectivity index (χ3n) is 3.16. The minimum atomic E-state index is 0.108. The Hall–Kier alpha value is -1.14. The molecule has 0 spiro atoms. The minimum absolute atomic E-state index is 0.108. The predicted octanol–water partition coefficient (Wildman–Crippen LogP) is -1.04. The van der Waals surface area contributed by atoms with Gasteiger partial charge in [0, 0.05) is 53.2 Å². The second-order valence-electron chi connectivity index (χ2n) is 4.84. The normalized spacial score (nSPS) is 17.4. The van der Waals surface area contributed by atoms with Crippen molar-refractivity contribution in [2.24, 2.45) is 5.73 Å². The molecule has 104 valence electrons. The van der Waals surface area contributed by atoms with E-state index in [4.69, 9.17) is 5.73 Å². The summed E-state index contributed by atoms with van der Waals surface area (Å²) in [5.74, 6) is 0.232. The maximum absolute atomic E-state index is 11.7. The van der Waals surface area contributed by atoms with Gasteiger partial charge in [0.2, 0.25) is 11.8 Å². The Kier molecular flexibility index (Phi) is 6.07. The summed E-state index contributed by atoms with van der Waals surface area (Å²) in [6, 6.07) is 0. The van der Waals surface area contributed by atoms with E-state index in [0.717, 1.165) is 26.1 Å². The number of likely N-dealkylation sites (N-methyl/N-ethyl adjacent to an activating group) is 1. The van der Waals surface area contributed by atoms with Crippen molar-refractivity contribution in [1.82, 2.24) is 14.7 Å². The first-order valence-electron chi connectivity index (χ1n) is 6.45. The number of nitrogens with zero attached hydrogens (tertiary/aromatic N) is 3. The minimum Gasteiger partial charge on any atom is -0.348 e. The summed E-state index contributed by atoms with van der Waals surface area (Å²) < 4.78 is 0. The molecular formula is C12H24N4O2. The van der Waals surface area contributed by atoms with E-state index in [1.807, 2.05) is 4.90 Å². The van der Waals surface area contributed by atoms with Gasteiger partial charge < -0.3 is 15.5 Å². The smallest absolute Gasteiger partial charge is 0.236 e. The Bertz CT molecular complexity index is 294. The fourth-order valence-corrected chi connectivity index (χ4v) is 1.99. The summed E-state index contributed by atoms with van der Waals surface area (Å²) in [6.45, 7) is 3.93. The molecule has 0 aromatic carbocycles. The molecule has 0 unspecified atom stereocenters. The molecule has 1 aliphatic heterocycles. The molecule has 0 aromatic rings. The monoisotopic (exact) mass is 256 g/mol. The SMILES string of the molecule is CN(C)C(=O)CN1CCCN(C(=O)CCN)CC1. The van der Waals surface area contributed by atoms with Gasteiger partial charge in [-0.1, -0.05) is 0 Å². The van der Waals surface area contributed by atoms with Crippen molar-refractivity contribution < 1.29 is 9.59 Å². The Morgan fingerprint density at radius 2 is 1.89 bits per heavy atom. The maximum atomic E-state index is 11.7. The van der Waals surface area contributed by atoms with Crippen LogP contribution in [-0.2, 0) is 9.59 Å². The second-order valence-corrected chi connectivity index (χ2v) is 4.84. The highest BCUT2D eigenvalue weighted by molar-refractivity contribution is 5.78. The van der Waals surface area contributed by atoms with E-state index in [0.29, 0.717) is 26.1 Å². The van der Waals surface area contributed by atoms with E-state index in [1.165, 1.54) is 0 Å². The van der Waals surface area contributed by atoms with Crippen molar-refractivity contribution >= 4 is 11.8 Å². The molecule has 0 radical (unpaired) electrons. The van der Waals surface area contributed by atoms with Gasteiger partial charge in [0.15, 0.2) is 0 Å². The van der Waals surface area contributed by atoms with Crippen LogP contribution in [0.2, 0.25) is 0 Å². The van der Waals surface area contributed by atoms with Gasteiger partial charge in [0.1, 0.15) is 0 Å². The largest absolute Gasteiger partial charge is 0.348 e. The average Bonchev–Trinajstić information content (AvgIpc) is 2.55.